The highest BCUT2D eigenvalue weighted by Gasteiger charge is 2.15. The number of unbranched alkanes of at least 4 members (excludes halogenated alkanes) is 6. The second-order valence-corrected chi connectivity index (χ2v) is 8.72. The van der Waals surface area contributed by atoms with Crippen LogP contribution in [0.15, 0.2) is 48.5 Å². The summed E-state index contributed by atoms with van der Waals surface area (Å²) in [5.74, 6) is 0.735. The van der Waals surface area contributed by atoms with E-state index in [0.717, 1.165) is 36.1 Å². The average molecular weight is 486 g/mol. The van der Waals surface area contributed by atoms with Crippen molar-refractivity contribution in [2.24, 2.45) is 0 Å². The summed E-state index contributed by atoms with van der Waals surface area (Å²) < 4.78 is 11.8. The van der Waals surface area contributed by atoms with Gasteiger partial charge in [0.25, 0.3) is 5.69 Å². The Hall–Kier alpha value is -2.74. The van der Waals surface area contributed by atoms with Crippen LogP contribution in [-0.4, -0.2) is 47.2 Å². The van der Waals surface area contributed by atoms with Gasteiger partial charge in [0.2, 0.25) is 0 Å². The predicted octanol–water partition coefficient (Wildman–Crippen LogP) is 6.02. The summed E-state index contributed by atoms with van der Waals surface area (Å²) >= 11 is 0. The normalized spacial score (nSPS) is 12.3. The summed E-state index contributed by atoms with van der Waals surface area (Å²) in [6, 6.07) is 14.1. The Kier molecular flexibility index (Phi) is 13.7. The molecule has 0 aliphatic carbocycles. The van der Waals surface area contributed by atoms with E-state index in [1.165, 1.54) is 44.2 Å². The first-order valence-corrected chi connectivity index (χ1v) is 12.6. The number of hydrogen-bond acceptors (Lipinski definition) is 6. The minimum absolute atomic E-state index is 0.0722. The number of non-ortho nitro benzene ring substituents is 1. The zero-order chi connectivity index (χ0) is 25.3. The van der Waals surface area contributed by atoms with Gasteiger partial charge >= 0.3 is 0 Å². The zero-order valence-electron chi connectivity index (χ0n) is 20.7. The molecular weight excluding hydrogens is 446 g/mol. The highest BCUT2D eigenvalue weighted by atomic mass is 16.6. The van der Waals surface area contributed by atoms with Crippen molar-refractivity contribution in [1.29, 1.82) is 0 Å². The molecular formula is C28H39NO6. The maximum absolute atomic E-state index is 10.8. The minimum Gasteiger partial charge on any atom is -0.488 e. The van der Waals surface area contributed by atoms with Crippen molar-refractivity contribution in [2.45, 2.75) is 70.5 Å². The van der Waals surface area contributed by atoms with Crippen LogP contribution in [0.2, 0.25) is 0 Å². The van der Waals surface area contributed by atoms with Crippen LogP contribution in [0.1, 0.15) is 69.4 Å². The second-order valence-electron chi connectivity index (χ2n) is 8.72. The maximum atomic E-state index is 10.8. The van der Waals surface area contributed by atoms with Gasteiger partial charge in [-0.15, -0.1) is 0 Å². The van der Waals surface area contributed by atoms with E-state index in [9.17, 15) is 20.3 Å². The fourth-order valence-electron chi connectivity index (χ4n) is 3.66. The topological polar surface area (TPSA) is 102 Å². The molecule has 7 heteroatoms. The molecule has 0 fully saturated rings. The first-order valence-electron chi connectivity index (χ1n) is 12.6. The van der Waals surface area contributed by atoms with Gasteiger partial charge in [-0.3, -0.25) is 10.1 Å². The Bertz CT molecular complexity index is 862. The number of benzene rings is 2. The first-order chi connectivity index (χ1) is 17.0. The summed E-state index contributed by atoms with van der Waals surface area (Å²) in [4.78, 5) is 10.4. The fourth-order valence-corrected chi connectivity index (χ4v) is 3.66. The van der Waals surface area contributed by atoms with Crippen LogP contribution in [0.3, 0.4) is 0 Å². The number of hydrogen-bond donors (Lipinski definition) is 2. The molecule has 35 heavy (non-hydrogen) atoms. The van der Waals surface area contributed by atoms with Crippen molar-refractivity contribution in [1.82, 2.24) is 0 Å². The number of aliphatic hydroxyl groups excluding tert-OH is 2. The Morgan fingerprint density at radius 3 is 1.91 bits per heavy atom. The van der Waals surface area contributed by atoms with Gasteiger partial charge in [-0.05, 0) is 48.2 Å². The summed E-state index contributed by atoms with van der Waals surface area (Å²) in [7, 11) is 0. The van der Waals surface area contributed by atoms with Gasteiger partial charge in [0, 0.05) is 12.1 Å². The lowest BCUT2D eigenvalue weighted by molar-refractivity contribution is -0.384. The molecule has 0 bridgehead atoms. The molecule has 2 aromatic rings. The van der Waals surface area contributed by atoms with Crippen LogP contribution in [0.4, 0.5) is 5.69 Å². The Labute approximate surface area is 208 Å². The van der Waals surface area contributed by atoms with Crippen molar-refractivity contribution in [3.05, 3.63) is 69.8 Å². The van der Waals surface area contributed by atoms with Crippen LogP contribution < -0.4 is 4.74 Å². The van der Waals surface area contributed by atoms with E-state index in [2.05, 4.69) is 6.92 Å². The third-order valence-electron chi connectivity index (χ3n) is 5.81. The van der Waals surface area contributed by atoms with Crippen molar-refractivity contribution in [3.8, 4) is 5.75 Å². The summed E-state index contributed by atoms with van der Waals surface area (Å²) in [5.41, 5.74) is 1.93. The van der Waals surface area contributed by atoms with E-state index < -0.39 is 11.0 Å². The number of aliphatic hydroxyl groups is 2. The molecule has 1 unspecified atom stereocenters. The lowest BCUT2D eigenvalue weighted by Crippen LogP contribution is -2.30. The number of nitro groups is 1. The molecule has 0 saturated heterocycles. The third-order valence-corrected chi connectivity index (χ3v) is 5.81. The summed E-state index contributed by atoms with van der Waals surface area (Å²) in [6.45, 7) is 2.08. The summed E-state index contributed by atoms with van der Waals surface area (Å²) in [5, 5.41) is 29.3. The van der Waals surface area contributed by atoms with E-state index >= 15 is 0 Å². The third kappa shape index (κ3) is 11.5. The SMILES string of the molecule is CCCCCCCCCC(COC(CO)CO)Oc1ccc(/C=C/c2ccc([N+](=O)[O-])cc2)cc1. The second kappa shape index (κ2) is 16.8. The molecule has 0 aliphatic rings. The molecule has 2 aromatic carbocycles. The van der Waals surface area contributed by atoms with Gasteiger partial charge in [-0.2, -0.15) is 0 Å². The van der Waals surface area contributed by atoms with Gasteiger partial charge in [-0.25, -0.2) is 0 Å². The van der Waals surface area contributed by atoms with Gasteiger partial charge in [0.05, 0.1) is 24.7 Å². The number of ether oxygens (including phenoxy) is 2. The monoisotopic (exact) mass is 485 g/mol. The van der Waals surface area contributed by atoms with Gasteiger partial charge in [-0.1, -0.05) is 69.7 Å². The molecule has 1 atom stereocenters. The molecule has 7 nitrogen and oxygen atoms in total. The lowest BCUT2D eigenvalue weighted by Gasteiger charge is -2.22. The molecule has 0 radical (unpaired) electrons. The summed E-state index contributed by atoms with van der Waals surface area (Å²) in [6.07, 6.45) is 12.4. The molecule has 2 N–H and O–H groups in total. The molecule has 0 aromatic heterocycles. The van der Waals surface area contributed by atoms with E-state index in [1.807, 2.05) is 36.4 Å². The smallest absolute Gasteiger partial charge is 0.269 e. The highest BCUT2D eigenvalue weighted by molar-refractivity contribution is 5.70. The van der Waals surface area contributed by atoms with Crippen LogP contribution in [-0.2, 0) is 4.74 Å². The largest absolute Gasteiger partial charge is 0.488 e. The molecule has 2 rings (SSSR count). The molecule has 0 heterocycles. The Morgan fingerprint density at radius 2 is 1.37 bits per heavy atom. The van der Waals surface area contributed by atoms with Crippen molar-refractivity contribution < 1.29 is 24.6 Å². The molecule has 192 valence electrons. The lowest BCUT2D eigenvalue weighted by atomic mass is 10.1. The molecule has 0 spiro atoms. The number of rotatable bonds is 18. The average Bonchev–Trinajstić information content (AvgIpc) is 2.88. The van der Waals surface area contributed by atoms with Crippen LogP contribution in [0, 0.1) is 10.1 Å². The van der Waals surface area contributed by atoms with Crippen LogP contribution >= 0.6 is 0 Å². The molecule has 0 saturated carbocycles. The molecule has 0 amide bonds. The quantitative estimate of drug-likeness (QED) is 0.116. The van der Waals surface area contributed by atoms with Crippen molar-refractivity contribution in [3.63, 3.8) is 0 Å². The van der Waals surface area contributed by atoms with E-state index in [0.29, 0.717) is 6.61 Å². The van der Waals surface area contributed by atoms with Crippen molar-refractivity contribution in [2.75, 3.05) is 19.8 Å². The zero-order valence-corrected chi connectivity index (χ0v) is 20.7. The van der Waals surface area contributed by atoms with Crippen LogP contribution in [0.5, 0.6) is 5.75 Å². The molecule has 0 aliphatic heterocycles. The van der Waals surface area contributed by atoms with Gasteiger partial charge in [0.15, 0.2) is 0 Å². The van der Waals surface area contributed by atoms with E-state index in [-0.39, 0.29) is 25.0 Å². The Morgan fingerprint density at radius 1 is 0.829 bits per heavy atom. The minimum atomic E-state index is -0.595. The van der Waals surface area contributed by atoms with E-state index in [1.54, 1.807) is 12.1 Å². The highest BCUT2D eigenvalue weighted by Crippen LogP contribution is 2.20. The number of nitro benzene ring substituents is 1. The van der Waals surface area contributed by atoms with Gasteiger partial charge in [0.1, 0.15) is 18.0 Å². The van der Waals surface area contributed by atoms with E-state index in [4.69, 9.17) is 9.47 Å². The fraction of sp³-hybridized carbons (Fsp3) is 0.500. The first kappa shape index (κ1) is 28.5. The van der Waals surface area contributed by atoms with Crippen molar-refractivity contribution >= 4 is 17.8 Å². The Balaban J connectivity index is 1.90. The maximum Gasteiger partial charge on any atom is 0.269 e. The standard InChI is InChI=1S/C28H39NO6/c1-2-3-4-5-6-7-8-9-27(22-34-28(20-30)21-31)35-26-18-14-24(15-19-26)11-10-23-12-16-25(17-13-23)29(32)33/h10-19,27-28,30-31H,2-9,20-22H2,1H3/b11-10+. The predicted molar refractivity (Wildman–Crippen MR) is 139 cm³/mol. The number of nitrogens with zero attached hydrogens (tertiary/aromatic N) is 1. The van der Waals surface area contributed by atoms with Crippen LogP contribution in [0.25, 0.3) is 12.2 Å². The van der Waals surface area contributed by atoms with Gasteiger partial charge < -0.3 is 19.7 Å².